The maximum absolute atomic E-state index is 12.2. The first-order chi connectivity index (χ1) is 5.02. The molecule has 0 atom stereocenters. The van der Waals surface area contributed by atoms with E-state index < -0.39 is 10.4 Å². The van der Waals surface area contributed by atoms with Crippen molar-refractivity contribution >= 4 is 10.4 Å². The number of likely N-dealkylation sites (N-methyl/N-ethyl adjacent to an activating group) is 1. The molecule has 0 aliphatic carbocycles. The molecule has 0 aromatic carbocycles. The first-order valence-corrected chi connectivity index (χ1v) is 4.55. The van der Waals surface area contributed by atoms with Gasteiger partial charge in [0.05, 0.1) is 6.61 Å². The van der Waals surface area contributed by atoms with Crippen LogP contribution in [0.15, 0.2) is 0 Å². The molecule has 0 unspecified atom stereocenters. The largest absolute Gasteiger partial charge is 0.383 e. The van der Waals surface area contributed by atoms with Crippen LogP contribution in [0.3, 0.4) is 0 Å². The lowest BCUT2D eigenvalue weighted by atomic mass is 10.6. The van der Waals surface area contributed by atoms with Crippen LogP contribution in [-0.2, 0) is 15.1 Å². The van der Waals surface area contributed by atoms with Gasteiger partial charge in [-0.2, -0.15) is 12.7 Å². The molecule has 68 valence electrons. The number of ether oxygens (including phenoxy) is 1. The van der Waals surface area contributed by atoms with Gasteiger partial charge in [-0.15, -0.1) is 0 Å². The average Bonchev–Trinajstić information content (AvgIpc) is 1.87. The van der Waals surface area contributed by atoms with Crippen molar-refractivity contribution in [3.63, 3.8) is 0 Å². The Bertz CT molecular complexity index is 192. The zero-order valence-electron chi connectivity index (χ0n) is 6.58. The molecule has 0 saturated heterocycles. The van der Waals surface area contributed by atoms with E-state index in [1.54, 1.807) is 6.92 Å². The summed E-state index contributed by atoms with van der Waals surface area (Å²) in [6, 6.07) is 0. The molecule has 0 aliphatic heterocycles. The molecule has 0 saturated carbocycles. The highest BCUT2D eigenvalue weighted by Gasteiger charge is 2.17. The van der Waals surface area contributed by atoms with E-state index in [4.69, 9.17) is 0 Å². The van der Waals surface area contributed by atoms with Gasteiger partial charge in [-0.25, -0.2) is 0 Å². The molecule has 11 heavy (non-hydrogen) atoms. The number of hydrogen-bond acceptors (Lipinski definition) is 3. The molecule has 0 aromatic heterocycles. The van der Waals surface area contributed by atoms with Gasteiger partial charge < -0.3 is 4.74 Å². The Balaban J connectivity index is 3.97. The van der Waals surface area contributed by atoms with Crippen LogP contribution < -0.4 is 0 Å². The van der Waals surface area contributed by atoms with Crippen molar-refractivity contribution in [3.05, 3.63) is 0 Å². The van der Waals surface area contributed by atoms with Crippen molar-refractivity contribution in [3.8, 4) is 0 Å². The Morgan fingerprint density at radius 2 is 2.09 bits per heavy atom. The lowest BCUT2D eigenvalue weighted by Crippen LogP contribution is -2.30. The highest BCUT2D eigenvalue weighted by atomic mass is 32.3. The summed E-state index contributed by atoms with van der Waals surface area (Å²) in [4.78, 5) is 0. The Kier molecular flexibility index (Phi) is 4.55. The van der Waals surface area contributed by atoms with Crippen molar-refractivity contribution in [2.75, 3.05) is 26.8 Å². The summed E-state index contributed by atoms with van der Waals surface area (Å²) in [7, 11) is -3.10. The van der Waals surface area contributed by atoms with Crippen LogP contribution in [-0.4, -0.2) is 39.5 Å². The number of methoxy groups -OCH3 is 1. The molecule has 6 heteroatoms. The third kappa shape index (κ3) is 4.28. The second-order valence-electron chi connectivity index (χ2n) is 1.93. The predicted molar refractivity (Wildman–Crippen MR) is 39.2 cm³/mol. The lowest BCUT2D eigenvalue weighted by Gasteiger charge is -2.13. The molecule has 0 N–H and O–H groups in total. The third-order valence-corrected chi connectivity index (χ3v) is 2.26. The summed E-state index contributed by atoms with van der Waals surface area (Å²) >= 11 is 0. The Hall–Kier alpha value is -0.200. The standard InChI is InChI=1S/C5H12FNO3S/c1-3-7(4-5-10-2)11(6,8)9/h3-5H2,1-2H3. The minimum atomic E-state index is -4.53. The molecule has 0 bridgehead atoms. The van der Waals surface area contributed by atoms with Gasteiger partial charge in [-0.3, -0.25) is 0 Å². The van der Waals surface area contributed by atoms with E-state index in [0.29, 0.717) is 4.31 Å². The van der Waals surface area contributed by atoms with Gasteiger partial charge in [0.1, 0.15) is 0 Å². The maximum atomic E-state index is 12.2. The van der Waals surface area contributed by atoms with Gasteiger partial charge >= 0.3 is 10.4 Å². The van der Waals surface area contributed by atoms with Crippen LogP contribution >= 0.6 is 0 Å². The van der Waals surface area contributed by atoms with Crippen LogP contribution in [0, 0.1) is 0 Å². The quantitative estimate of drug-likeness (QED) is 0.573. The van der Waals surface area contributed by atoms with Gasteiger partial charge in [0.15, 0.2) is 0 Å². The van der Waals surface area contributed by atoms with Gasteiger partial charge in [0.25, 0.3) is 0 Å². The molecule has 0 amide bonds. The molecular formula is C5H12FNO3S. The van der Waals surface area contributed by atoms with Gasteiger partial charge in [-0.05, 0) is 0 Å². The minimum Gasteiger partial charge on any atom is -0.383 e. The summed E-state index contributed by atoms with van der Waals surface area (Å²) in [6.45, 7) is 1.96. The van der Waals surface area contributed by atoms with E-state index in [-0.39, 0.29) is 19.7 Å². The molecule has 0 radical (unpaired) electrons. The first-order valence-electron chi connectivity index (χ1n) is 3.21. The zero-order valence-corrected chi connectivity index (χ0v) is 7.40. The fourth-order valence-electron chi connectivity index (χ4n) is 0.614. The summed E-state index contributed by atoms with van der Waals surface area (Å²) < 4.78 is 38.1. The molecule has 0 fully saturated rings. The van der Waals surface area contributed by atoms with E-state index >= 15 is 0 Å². The highest BCUT2D eigenvalue weighted by molar-refractivity contribution is 7.83. The second-order valence-corrected chi connectivity index (χ2v) is 3.27. The smallest absolute Gasteiger partial charge is 0.374 e. The Labute approximate surface area is 66.3 Å². The summed E-state index contributed by atoms with van der Waals surface area (Å²) in [5.74, 6) is 0. The topological polar surface area (TPSA) is 46.6 Å². The zero-order chi connectivity index (χ0) is 8.91. The van der Waals surface area contributed by atoms with Crippen LogP contribution in [0.5, 0.6) is 0 Å². The number of rotatable bonds is 5. The summed E-state index contributed by atoms with van der Waals surface area (Å²) in [5, 5.41) is 0. The highest BCUT2D eigenvalue weighted by Crippen LogP contribution is 2.00. The van der Waals surface area contributed by atoms with E-state index in [1.165, 1.54) is 7.11 Å². The van der Waals surface area contributed by atoms with Gasteiger partial charge in [0, 0.05) is 20.2 Å². The van der Waals surface area contributed by atoms with Crippen molar-refractivity contribution in [2.45, 2.75) is 6.92 Å². The van der Waals surface area contributed by atoms with Crippen molar-refractivity contribution < 1.29 is 17.0 Å². The molecule has 0 spiro atoms. The third-order valence-electron chi connectivity index (χ3n) is 1.21. The lowest BCUT2D eigenvalue weighted by molar-refractivity contribution is 0.178. The van der Waals surface area contributed by atoms with E-state index in [0.717, 1.165) is 0 Å². The number of hydrogen-bond donors (Lipinski definition) is 0. The fraction of sp³-hybridized carbons (Fsp3) is 1.00. The van der Waals surface area contributed by atoms with Crippen molar-refractivity contribution in [1.29, 1.82) is 0 Å². The molecule has 0 rings (SSSR count). The average molecular weight is 185 g/mol. The van der Waals surface area contributed by atoms with Crippen molar-refractivity contribution in [2.24, 2.45) is 0 Å². The SMILES string of the molecule is CCN(CCOC)S(=O)(=O)F. The second kappa shape index (κ2) is 4.63. The molecular weight excluding hydrogens is 173 g/mol. The number of nitrogens with zero attached hydrogens (tertiary/aromatic N) is 1. The van der Waals surface area contributed by atoms with E-state index in [9.17, 15) is 12.3 Å². The number of halogens is 1. The Morgan fingerprint density at radius 1 is 1.55 bits per heavy atom. The van der Waals surface area contributed by atoms with E-state index in [2.05, 4.69) is 4.74 Å². The fourth-order valence-corrected chi connectivity index (χ4v) is 1.22. The first kappa shape index (κ1) is 10.8. The minimum absolute atomic E-state index is 0.0613. The molecule has 0 heterocycles. The Morgan fingerprint density at radius 3 is 2.36 bits per heavy atom. The van der Waals surface area contributed by atoms with Crippen LogP contribution in [0.1, 0.15) is 6.92 Å². The van der Waals surface area contributed by atoms with Crippen molar-refractivity contribution in [1.82, 2.24) is 4.31 Å². The van der Waals surface area contributed by atoms with Crippen LogP contribution in [0.2, 0.25) is 0 Å². The van der Waals surface area contributed by atoms with Gasteiger partial charge in [0.2, 0.25) is 0 Å². The maximum Gasteiger partial charge on any atom is 0.374 e. The van der Waals surface area contributed by atoms with Crippen LogP contribution in [0.4, 0.5) is 3.89 Å². The summed E-state index contributed by atoms with van der Waals surface area (Å²) in [6.07, 6.45) is 0. The molecule has 0 aromatic rings. The predicted octanol–water partition coefficient (Wildman–Crippen LogP) is 0.169. The molecule has 0 aliphatic rings. The van der Waals surface area contributed by atoms with E-state index in [1.807, 2.05) is 0 Å². The normalized spacial score (nSPS) is 12.4. The molecule has 4 nitrogen and oxygen atoms in total. The van der Waals surface area contributed by atoms with Gasteiger partial charge in [-0.1, -0.05) is 10.8 Å². The monoisotopic (exact) mass is 185 g/mol. The van der Waals surface area contributed by atoms with Crippen LogP contribution in [0.25, 0.3) is 0 Å². The summed E-state index contributed by atoms with van der Waals surface area (Å²) in [5.41, 5.74) is 0.